The Labute approximate surface area is 181 Å². The maximum Gasteiger partial charge on any atom is 0.319 e. The van der Waals surface area contributed by atoms with E-state index in [1.54, 1.807) is 12.4 Å². The number of unbranched alkanes of at least 4 members (excludes halogenated alkanes) is 1. The molecule has 2 aromatic carbocycles. The van der Waals surface area contributed by atoms with Crippen molar-refractivity contribution in [2.45, 2.75) is 25.8 Å². The number of carbonyl (C=O) groups is 2. The molecule has 31 heavy (non-hydrogen) atoms. The van der Waals surface area contributed by atoms with E-state index in [4.69, 9.17) is 5.11 Å². The van der Waals surface area contributed by atoms with Gasteiger partial charge in [0, 0.05) is 36.6 Å². The Hall–Kier alpha value is -3.93. The number of carboxylic acid groups (broad SMARTS) is 1. The van der Waals surface area contributed by atoms with E-state index in [0.29, 0.717) is 25.1 Å². The third-order valence-corrected chi connectivity index (χ3v) is 4.64. The number of hydrogen-bond donors (Lipinski definition) is 3. The van der Waals surface area contributed by atoms with Crippen molar-refractivity contribution >= 4 is 23.3 Å². The number of nitrogens with zero attached hydrogens (tertiary/aromatic N) is 1. The number of aromatic nitrogens is 1. The highest BCUT2D eigenvalue weighted by molar-refractivity contribution is 5.90. The molecule has 2 amide bonds. The lowest BCUT2D eigenvalue weighted by molar-refractivity contribution is -0.137. The van der Waals surface area contributed by atoms with Crippen molar-refractivity contribution in [3.63, 3.8) is 0 Å². The lowest BCUT2D eigenvalue weighted by Crippen LogP contribution is -2.28. The molecule has 0 unspecified atom stereocenters. The third-order valence-electron chi connectivity index (χ3n) is 4.64. The second kappa shape index (κ2) is 11.3. The number of hydrogen-bond acceptors (Lipinski definition) is 3. The molecule has 0 fully saturated rings. The molecule has 0 bridgehead atoms. The van der Waals surface area contributed by atoms with E-state index in [0.717, 1.165) is 22.3 Å². The van der Waals surface area contributed by atoms with Gasteiger partial charge < -0.3 is 15.7 Å². The van der Waals surface area contributed by atoms with Gasteiger partial charge in [-0.3, -0.25) is 9.78 Å². The molecule has 0 aliphatic rings. The molecule has 1 heterocycles. The Morgan fingerprint density at radius 2 is 1.77 bits per heavy atom. The van der Waals surface area contributed by atoms with Gasteiger partial charge in [-0.25, -0.2) is 4.79 Å². The van der Waals surface area contributed by atoms with Gasteiger partial charge in [-0.2, -0.15) is 0 Å². The molecule has 0 aliphatic heterocycles. The smallest absolute Gasteiger partial charge is 0.319 e. The number of nitrogens with one attached hydrogen (secondary N) is 2. The summed E-state index contributed by atoms with van der Waals surface area (Å²) in [6.07, 6.45) is 6.81. The van der Waals surface area contributed by atoms with Gasteiger partial charge in [0.2, 0.25) is 0 Å². The Bertz CT molecular complexity index is 1030. The highest BCUT2D eigenvalue weighted by Crippen LogP contribution is 2.26. The predicted molar refractivity (Wildman–Crippen MR) is 122 cm³/mol. The molecule has 0 spiro atoms. The molecule has 3 N–H and O–H groups in total. The zero-order chi connectivity index (χ0) is 21.9. The Morgan fingerprint density at radius 3 is 2.52 bits per heavy atom. The molecule has 0 atom stereocenters. The first-order chi connectivity index (χ1) is 15.1. The minimum atomic E-state index is -0.802. The summed E-state index contributed by atoms with van der Waals surface area (Å²) in [5, 5.41) is 14.6. The van der Waals surface area contributed by atoms with Crippen LogP contribution >= 0.6 is 0 Å². The van der Waals surface area contributed by atoms with Crippen LogP contribution in [-0.4, -0.2) is 22.1 Å². The number of benzene rings is 2. The van der Waals surface area contributed by atoms with Crippen LogP contribution in [0, 0.1) is 0 Å². The number of allylic oxidation sites excluding steroid dienone is 1. The van der Waals surface area contributed by atoms with Gasteiger partial charge >= 0.3 is 12.0 Å². The monoisotopic (exact) mass is 415 g/mol. The normalized spacial score (nSPS) is 11.0. The fraction of sp³-hybridized carbons (Fsp3) is 0.160. The molecule has 0 aliphatic carbocycles. The predicted octanol–water partition coefficient (Wildman–Crippen LogP) is 5.09. The van der Waals surface area contributed by atoms with Gasteiger partial charge in [-0.1, -0.05) is 54.6 Å². The topological polar surface area (TPSA) is 91.3 Å². The second-order valence-electron chi connectivity index (χ2n) is 7.02. The molecule has 158 valence electrons. The van der Waals surface area contributed by atoms with Crippen molar-refractivity contribution in [2.24, 2.45) is 0 Å². The average Bonchev–Trinajstić information content (AvgIpc) is 2.79. The zero-order valence-electron chi connectivity index (χ0n) is 17.1. The van der Waals surface area contributed by atoms with E-state index in [1.807, 2.05) is 72.8 Å². The second-order valence-corrected chi connectivity index (χ2v) is 7.02. The van der Waals surface area contributed by atoms with Gasteiger partial charge in [0.05, 0.1) is 0 Å². The SMILES string of the molecule is O=C(O)CCC/C=C(\c1cccnc1)c1cccc(NC(=O)NCc2ccccc2)c1. The van der Waals surface area contributed by atoms with E-state index >= 15 is 0 Å². The first kappa shape index (κ1) is 21.8. The van der Waals surface area contributed by atoms with E-state index in [9.17, 15) is 9.59 Å². The molecule has 6 nitrogen and oxygen atoms in total. The quantitative estimate of drug-likeness (QED) is 0.425. The van der Waals surface area contributed by atoms with Gasteiger partial charge in [-0.15, -0.1) is 0 Å². The van der Waals surface area contributed by atoms with E-state index in [2.05, 4.69) is 15.6 Å². The summed E-state index contributed by atoms with van der Waals surface area (Å²) in [5.74, 6) is -0.802. The van der Waals surface area contributed by atoms with Crippen molar-refractivity contribution in [3.05, 3.63) is 102 Å². The Balaban J connectivity index is 1.72. The number of rotatable bonds is 9. The van der Waals surface area contributed by atoms with Gasteiger partial charge in [-0.05, 0) is 47.7 Å². The van der Waals surface area contributed by atoms with Crippen molar-refractivity contribution in [2.75, 3.05) is 5.32 Å². The summed E-state index contributed by atoms with van der Waals surface area (Å²) in [7, 11) is 0. The van der Waals surface area contributed by atoms with Crippen LogP contribution in [0.5, 0.6) is 0 Å². The summed E-state index contributed by atoms with van der Waals surface area (Å²) in [6.45, 7) is 0.441. The molecule has 3 aromatic rings. The highest BCUT2D eigenvalue weighted by Gasteiger charge is 2.08. The fourth-order valence-corrected chi connectivity index (χ4v) is 3.14. The molecular weight excluding hydrogens is 390 g/mol. The first-order valence-electron chi connectivity index (χ1n) is 10.1. The van der Waals surface area contributed by atoms with Crippen LogP contribution in [0.3, 0.4) is 0 Å². The fourth-order valence-electron chi connectivity index (χ4n) is 3.14. The molecule has 0 saturated heterocycles. The minimum Gasteiger partial charge on any atom is -0.481 e. The summed E-state index contributed by atoms with van der Waals surface area (Å²) >= 11 is 0. The Morgan fingerprint density at radius 1 is 0.968 bits per heavy atom. The average molecular weight is 415 g/mol. The maximum atomic E-state index is 12.3. The summed E-state index contributed by atoms with van der Waals surface area (Å²) in [6, 6.07) is 20.8. The van der Waals surface area contributed by atoms with Gasteiger partial charge in [0.25, 0.3) is 0 Å². The number of anilines is 1. The number of carboxylic acids is 1. The molecule has 1 aromatic heterocycles. The summed E-state index contributed by atoms with van der Waals surface area (Å²) < 4.78 is 0. The van der Waals surface area contributed by atoms with Crippen LogP contribution in [0.1, 0.15) is 36.0 Å². The number of aliphatic carboxylic acids is 1. The van der Waals surface area contributed by atoms with E-state index in [-0.39, 0.29) is 12.5 Å². The van der Waals surface area contributed by atoms with Crippen LogP contribution in [0.25, 0.3) is 5.57 Å². The van der Waals surface area contributed by atoms with Crippen molar-refractivity contribution < 1.29 is 14.7 Å². The van der Waals surface area contributed by atoms with E-state index in [1.165, 1.54) is 0 Å². The highest BCUT2D eigenvalue weighted by atomic mass is 16.4. The number of pyridine rings is 1. The van der Waals surface area contributed by atoms with Crippen LogP contribution < -0.4 is 10.6 Å². The molecule has 0 radical (unpaired) electrons. The third kappa shape index (κ3) is 7.12. The Kier molecular flexibility index (Phi) is 7.94. The minimum absolute atomic E-state index is 0.125. The zero-order valence-corrected chi connectivity index (χ0v) is 17.1. The number of carbonyl (C=O) groups excluding carboxylic acids is 1. The van der Waals surface area contributed by atoms with Crippen molar-refractivity contribution in [1.29, 1.82) is 0 Å². The molecule has 6 heteroatoms. The van der Waals surface area contributed by atoms with Gasteiger partial charge in [0.15, 0.2) is 0 Å². The molecular formula is C25H25N3O3. The van der Waals surface area contributed by atoms with Crippen LogP contribution in [0.15, 0.2) is 85.2 Å². The van der Waals surface area contributed by atoms with Crippen LogP contribution in [-0.2, 0) is 11.3 Å². The lowest BCUT2D eigenvalue weighted by Gasteiger charge is -2.12. The maximum absolute atomic E-state index is 12.3. The van der Waals surface area contributed by atoms with Crippen LogP contribution in [0.4, 0.5) is 10.5 Å². The van der Waals surface area contributed by atoms with E-state index < -0.39 is 5.97 Å². The van der Waals surface area contributed by atoms with Crippen molar-refractivity contribution in [1.82, 2.24) is 10.3 Å². The number of urea groups is 1. The lowest BCUT2D eigenvalue weighted by atomic mass is 9.97. The summed E-state index contributed by atoms with van der Waals surface area (Å²) in [4.78, 5) is 27.3. The standard InChI is InChI=1S/C25H25N3O3/c29-24(30)14-5-4-13-23(21-11-7-15-26-18-21)20-10-6-12-22(16-20)28-25(31)27-17-19-8-2-1-3-9-19/h1-3,6-13,15-16,18H,4-5,14,17H2,(H,29,30)(H2,27,28,31)/b23-13-. The molecule has 0 saturated carbocycles. The largest absolute Gasteiger partial charge is 0.481 e. The first-order valence-corrected chi connectivity index (χ1v) is 10.1. The summed E-state index contributed by atoms with van der Waals surface area (Å²) in [5.41, 5.74) is 4.50. The van der Waals surface area contributed by atoms with Crippen molar-refractivity contribution in [3.8, 4) is 0 Å². The van der Waals surface area contributed by atoms with Gasteiger partial charge in [0.1, 0.15) is 0 Å². The molecule has 3 rings (SSSR count). The number of amides is 2. The van der Waals surface area contributed by atoms with Crippen LogP contribution in [0.2, 0.25) is 0 Å².